The predicted octanol–water partition coefficient (Wildman–Crippen LogP) is 3.51. The largest absolute Gasteiger partial charge is 0.477 e. The molecular formula is C14H12F6O4. The lowest BCUT2D eigenvalue weighted by atomic mass is 10.0. The molecule has 24 heavy (non-hydrogen) atoms. The van der Waals surface area contributed by atoms with Gasteiger partial charge in [-0.25, -0.2) is 9.59 Å². The number of halogens is 6. The van der Waals surface area contributed by atoms with Gasteiger partial charge in [0.05, 0.1) is 0 Å². The number of hydrogen-bond acceptors (Lipinski definition) is 3. The van der Waals surface area contributed by atoms with Gasteiger partial charge in [0.2, 0.25) is 0 Å². The van der Waals surface area contributed by atoms with E-state index in [9.17, 15) is 35.9 Å². The third kappa shape index (κ3) is 3.04. The summed E-state index contributed by atoms with van der Waals surface area (Å²) in [6.45, 7) is 4.28. The smallest absolute Gasteiger partial charge is 0.411 e. The van der Waals surface area contributed by atoms with E-state index in [4.69, 9.17) is 5.11 Å². The van der Waals surface area contributed by atoms with Gasteiger partial charge in [-0.05, 0) is 31.9 Å². The van der Waals surface area contributed by atoms with Gasteiger partial charge >= 0.3 is 29.7 Å². The average Bonchev–Trinajstić information content (AvgIpc) is 2.41. The number of alkyl halides is 6. The molecule has 0 aliphatic carbocycles. The number of benzene rings is 1. The van der Waals surface area contributed by atoms with Crippen molar-refractivity contribution < 1.29 is 45.8 Å². The van der Waals surface area contributed by atoms with E-state index in [1.807, 2.05) is 0 Å². The fourth-order valence-electron chi connectivity index (χ4n) is 1.94. The molecule has 0 radical (unpaired) electrons. The van der Waals surface area contributed by atoms with Crippen LogP contribution in [-0.2, 0) is 9.59 Å². The molecule has 0 spiro atoms. The molecule has 0 atom stereocenters. The van der Waals surface area contributed by atoms with E-state index in [0.717, 1.165) is 0 Å². The number of carboxylic acid groups (broad SMARTS) is 1. The van der Waals surface area contributed by atoms with Crippen molar-refractivity contribution in [3.63, 3.8) is 0 Å². The molecule has 0 bridgehead atoms. The van der Waals surface area contributed by atoms with E-state index >= 15 is 0 Å². The van der Waals surface area contributed by atoms with Crippen LogP contribution in [0.5, 0.6) is 5.75 Å². The summed E-state index contributed by atoms with van der Waals surface area (Å²) in [5, 5.41) is 8.02. The Morgan fingerprint density at radius 2 is 1.33 bits per heavy atom. The third-order valence-electron chi connectivity index (χ3n) is 3.11. The van der Waals surface area contributed by atoms with Crippen molar-refractivity contribution in [2.45, 2.75) is 38.5 Å². The van der Waals surface area contributed by atoms with Gasteiger partial charge in [-0.3, -0.25) is 0 Å². The van der Waals surface area contributed by atoms with Crippen LogP contribution in [-0.4, -0.2) is 34.8 Å². The molecular weight excluding hydrogens is 346 g/mol. The average molecular weight is 358 g/mol. The molecule has 1 aromatic carbocycles. The second kappa shape index (κ2) is 5.99. The van der Waals surface area contributed by atoms with Gasteiger partial charge in [0, 0.05) is 0 Å². The number of aryl methyl sites for hydroxylation is 3. The number of carbonyl (C=O) groups is 2. The summed E-state index contributed by atoms with van der Waals surface area (Å²) in [4.78, 5) is 21.5. The molecule has 10 heteroatoms. The van der Waals surface area contributed by atoms with E-state index < -0.39 is 35.5 Å². The zero-order chi connectivity index (χ0) is 19.1. The van der Waals surface area contributed by atoms with Crippen LogP contribution in [0.1, 0.15) is 16.7 Å². The topological polar surface area (TPSA) is 63.6 Å². The van der Waals surface area contributed by atoms with Gasteiger partial charge in [0.15, 0.2) is 0 Å². The minimum absolute atomic E-state index is 0.130. The van der Waals surface area contributed by atoms with Gasteiger partial charge in [-0.1, -0.05) is 17.7 Å². The number of ether oxygens (including phenoxy) is 1. The van der Waals surface area contributed by atoms with Crippen LogP contribution >= 0.6 is 0 Å². The maximum atomic E-state index is 13.5. The van der Waals surface area contributed by atoms with Crippen LogP contribution in [0.15, 0.2) is 12.1 Å². The molecule has 0 aromatic heterocycles. The number of carbonyl (C=O) groups excluding carboxylic acids is 1. The summed E-state index contributed by atoms with van der Waals surface area (Å²) >= 11 is 0. The predicted molar refractivity (Wildman–Crippen MR) is 68.8 cm³/mol. The lowest BCUT2D eigenvalue weighted by Gasteiger charge is -2.28. The summed E-state index contributed by atoms with van der Waals surface area (Å²) in [6.07, 6.45) is 0. The molecule has 1 rings (SSSR count). The van der Waals surface area contributed by atoms with Crippen LogP contribution < -0.4 is 4.74 Å². The first-order valence-electron chi connectivity index (χ1n) is 6.33. The molecule has 0 unspecified atom stereocenters. The zero-order valence-electron chi connectivity index (χ0n) is 12.6. The number of hydrogen-bond donors (Lipinski definition) is 1. The highest BCUT2D eigenvalue weighted by atomic mass is 19.3. The molecule has 0 saturated carbocycles. The Morgan fingerprint density at radius 1 is 0.917 bits per heavy atom. The minimum atomic E-state index is -6.49. The molecule has 0 aliphatic rings. The first-order valence-corrected chi connectivity index (χ1v) is 6.33. The van der Waals surface area contributed by atoms with E-state index in [-0.39, 0.29) is 11.1 Å². The van der Waals surface area contributed by atoms with Crippen molar-refractivity contribution in [3.05, 3.63) is 28.8 Å². The molecule has 0 fully saturated rings. The van der Waals surface area contributed by atoms with Crippen LogP contribution in [0.2, 0.25) is 0 Å². The summed E-state index contributed by atoms with van der Waals surface area (Å²) in [7, 11) is 0. The van der Waals surface area contributed by atoms with Crippen molar-refractivity contribution in [1.82, 2.24) is 0 Å². The summed E-state index contributed by atoms with van der Waals surface area (Å²) < 4.78 is 83.5. The van der Waals surface area contributed by atoms with E-state index in [2.05, 4.69) is 4.74 Å². The first kappa shape index (κ1) is 19.8. The number of esters is 1. The van der Waals surface area contributed by atoms with Gasteiger partial charge in [0.1, 0.15) is 5.75 Å². The Balaban J connectivity index is 3.25. The Labute approximate surface area is 132 Å². The molecule has 0 amide bonds. The summed E-state index contributed by atoms with van der Waals surface area (Å²) in [5.41, 5.74) is 0.911. The lowest BCUT2D eigenvalue weighted by Crippen LogP contribution is -2.61. The third-order valence-corrected chi connectivity index (χ3v) is 3.11. The highest BCUT2D eigenvalue weighted by molar-refractivity contribution is 5.85. The molecule has 0 heterocycles. The molecule has 4 nitrogen and oxygen atoms in total. The lowest BCUT2D eigenvalue weighted by molar-refractivity contribution is -0.297. The Bertz CT molecular complexity index is 661. The van der Waals surface area contributed by atoms with E-state index in [1.165, 1.54) is 26.0 Å². The summed E-state index contributed by atoms with van der Waals surface area (Å²) in [5.74, 6) is -25.7. The Morgan fingerprint density at radius 3 is 1.71 bits per heavy atom. The van der Waals surface area contributed by atoms with Crippen LogP contribution in [0.4, 0.5) is 26.3 Å². The van der Waals surface area contributed by atoms with Crippen molar-refractivity contribution >= 4 is 11.9 Å². The van der Waals surface area contributed by atoms with Crippen LogP contribution in [0, 0.1) is 20.8 Å². The van der Waals surface area contributed by atoms with E-state index in [0.29, 0.717) is 5.56 Å². The van der Waals surface area contributed by atoms with Gasteiger partial charge < -0.3 is 9.84 Å². The van der Waals surface area contributed by atoms with Crippen molar-refractivity contribution in [1.29, 1.82) is 0 Å². The van der Waals surface area contributed by atoms with Gasteiger partial charge in [0.25, 0.3) is 0 Å². The van der Waals surface area contributed by atoms with Crippen molar-refractivity contribution in [2.24, 2.45) is 0 Å². The maximum Gasteiger partial charge on any atom is 0.411 e. The normalized spacial score (nSPS) is 12.9. The fourth-order valence-corrected chi connectivity index (χ4v) is 1.94. The van der Waals surface area contributed by atoms with Crippen LogP contribution in [0.3, 0.4) is 0 Å². The quantitative estimate of drug-likeness (QED) is 0.497. The zero-order valence-corrected chi connectivity index (χ0v) is 12.6. The molecule has 1 N–H and O–H groups in total. The monoisotopic (exact) mass is 358 g/mol. The SMILES string of the molecule is Cc1cc(C)c(OC(=O)C(F)(F)C(F)(F)C(F)(F)C(=O)O)c(C)c1. The summed E-state index contributed by atoms with van der Waals surface area (Å²) in [6, 6.07) is 2.77. The first-order chi connectivity index (χ1) is 10.7. The fraction of sp³-hybridized carbons (Fsp3) is 0.429. The Kier molecular flexibility index (Phi) is 4.94. The van der Waals surface area contributed by atoms with Crippen LogP contribution in [0.25, 0.3) is 0 Å². The highest BCUT2D eigenvalue weighted by Gasteiger charge is 2.79. The molecule has 0 saturated heterocycles. The van der Waals surface area contributed by atoms with Crippen molar-refractivity contribution in [2.75, 3.05) is 0 Å². The number of carboxylic acids is 1. The second-order valence-electron chi connectivity index (χ2n) is 5.15. The van der Waals surface area contributed by atoms with Crippen molar-refractivity contribution in [3.8, 4) is 5.75 Å². The number of aliphatic carboxylic acids is 1. The number of rotatable bonds is 5. The molecule has 0 aliphatic heterocycles. The highest BCUT2D eigenvalue weighted by Crippen LogP contribution is 2.46. The second-order valence-corrected chi connectivity index (χ2v) is 5.15. The van der Waals surface area contributed by atoms with E-state index in [1.54, 1.807) is 6.92 Å². The minimum Gasteiger partial charge on any atom is -0.477 e. The van der Waals surface area contributed by atoms with Gasteiger partial charge in [-0.2, -0.15) is 26.3 Å². The Hall–Kier alpha value is -2.26. The molecule has 134 valence electrons. The standard InChI is InChI=1S/C14H12F6O4/c1-6-4-7(2)9(8(3)5-6)24-11(23)13(17,18)14(19,20)12(15,16)10(21)22/h4-5H,1-3H3,(H,21,22). The molecule has 1 aromatic rings. The maximum absolute atomic E-state index is 13.5. The van der Waals surface area contributed by atoms with Gasteiger partial charge in [-0.15, -0.1) is 0 Å².